The molecule has 1 heterocycles. The van der Waals surface area contributed by atoms with Gasteiger partial charge >= 0.3 is 5.97 Å². The molecule has 1 saturated heterocycles. The van der Waals surface area contributed by atoms with Crippen LogP contribution in [0.2, 0.25) is 0 Å². The highest BCUT2D eigenvalue weighted by molar-refractivity contribution is 5.71. The molecule has 124 valence electrons. The average Bonchev–Trinajstić information content (AvgIpc) is 2.28. The van der Waals surface area contributed by atoms with E-state index in [0.717, 1.165) is 0 Å². The smallest absolute Gasteiger partial charge is 0.359 e. The maximum Gasteiger partial charge on any atom is 0.359 e. The van der Waals surface area contributed by atoms with Crippen molar-refractivity contribution in [3.8, 4) is 0 Å². The van der Waals surface area contributed by atoms with E-state index in [-0.39, 0.29) is 6.54 Å². The lowest BCUT2D eigenvalue weighted by molar-refractivity contribution is -0.862. The van der Waals surface area contributed by atoms with Crippen molar-refractivity contribution in [1.29, 1.82) is 0 Å². The van der Waals surface area contributed by atoms with Crippen LogP contribution in [0.1, 0.15) is 0 Å². The molecule has 1 aliphatic heterocycles. The van der Waals surface area contributed by atoms with Gasteiger partial charge in [-0.2, -0.15) is 0 Å². The standard InChI is InChI=1S/C6H10O7.C5H11NO2/c7-1-2(8)4(5(10)11)13-6(12)3(1)9;1-6(2,3)4-5(7)8/h1-4,6-9,12H,(H,10,11);4H2,1-3H3. The lowest BCUT2D eigenvalue weighted by Crippen LogP contribution is -2.62. The molecule has 5 unspecified atom stereocenters. The zero-order chi connectivity index (χ0) is 17.0. The summed E-state index contributed by atoms with van der Waals surface area (Å²) in [5, 5.41) is 54.3. The summed E-state index contributed by atoms with van der Waals surface area (Å²) < 4.78 is 4.76. The van der Waals surface area contributed by atoms with Crippen LogP contribution < -0.4 is 5.11 Å². The molecule has 1 rings (SSSR count). The molecule has 0 radical (unpaired) electrons. The van der Waals surface area contributed by atoms with Crippen molar-refractivity contribution in [2.24, 2.45) is 0 Å². The third kappa shape index (κ3) is 6.80. The summed E-state index contributed by atoms with van der Waals surface area (Å²) in [4.78, 5) is 20.3. The van der Waals surface area contributed by atoms with Gasteiger partial charge in [0.05, 0.1) is 27.1 Å². The summed E-state index contributed by atoms with van der Waals surface area (Å²) in [5.41, 5.74) is 0. The predicted molar refractivity (Wildman–Crippen MR) is 64.4 cm³/mol. The summed E-state index contributed by atoms with van der Waals surface area (Å²) in [5.74, 6) is -2.52. The van der Waals surface area contributed by atoms with E-state index in [1.165, 1.54) is 0 Å². The number of quaternary nitrogens is 1. The van der Waals surface area contributed by atoms with Crippen molar-refractivity contribution < 1.29 is 49.4 Å². The van der Waals surface area contributed by atoms with Crippen LogP contribution in [0.5, 0.6) is 0 Å². The second kappa shape index (κ2) is 7.64. The van der Waals surface area contributed by atoms with Crippen LogP contribution in [-0.4, -0.2) is 100 Å². The predicted octanol–water partition coefficient (Wildman–Crippen LogP) is -4.69. The van der Waals surface area contributed by atoms with Crippen LogP contribution in [-0.2, 0) is 14.3 Å². The summed E-state index contributed by atoms with van der Waals surface area (Å²) in [6, 6.07) is 0. The molecule has 0 aromatic heterocycles. The molecule has 1 aliphatic rings. The number of ether oxygens (including phenoxy) is 1. The Bertz CT molecular complexity index is 367. The number of nitrogens with zero attached hydrogens (tertiary/aromatic N) is 1. The van der Waals surface area contributed by atoms with Crippen molar-refractivity contribution in [1.82, 2.24) is 0 Å². The Morgan fingerprint density at radius 2 is 1.52 bits per heavy atom. The topological polar surface area (TPSA) is 168 Å². The molecule has 21 heavy (non-hydrogen) atoms. The van der Waals surface area contributed by atoms with Crippen molar-refractivity contribution in [3.63, 3.8) is 0 Å². The second-order valence-corrected chi connectivity index (χ2v) is 5.58. The molecule has 1 fully saturated rings. The quantitative estimate of drug-likeness (QED) is 0.322. The molecule has 0 aliphatic carbocycles. The number of carbonyl (C=O) groups is 2. The maximum absolute atomic E-state index is 10.3. The van der Waals surface area contributed by atoms with Gasteiger partial charge < -0.3 is 44.7 Å². The Morgan fingerprint density at radius 3 is 1.81 bits per heavy atom. The molecule has 0 aromatic carbocycles. The highest BCUT2D eigenvalue weighted by Gasteiger charge is 2.43. The Labute approximate surface area is 121 Å². The first-order valence-electron chi connectivity index (χ1n) is 5.97. The van der Waals surface area contributed by atoms with Gasteiger partial charge in [0.15, 0.2) is 12.8 Å². The molecule has 5 atom stereocenters. The SMILES string of the molecule is C[N+](C)(C)CC(=O)O.O=C([O-])C1OC(O)C(O)C(O)C1O. The summed E-state index contributed by atoms with van der Waals surface area (Å²) in [6.45, 7) is 0.181. The summed E-state index contributed by atoms with van der Waals surface area (Å²) in [6.07, 6.45) is -9.00. The lowest BCUT2D eigenvalue weighted by Gasteiger charge is -2.38. The number of carboxylic acid groups (broad SMARTS) is 2. The molecular weight excluding hydrogens is 290 g/mol. The van der Waals surface area contributed by atoms with E-state index in [1.807, 2.05) is 21.1 Å². The molecule has 0 aromatic rings. The molecule has 0 saturated carbocycles. The average molecular weight is 311 g/mol. The summed E-state index contributed by atoms with van der Waals surface area (Å²) in [7, 11) is 5.52. The fourth-order valence-corrected chi connectivity index (χ4v) is 1.46. The number of rotatable bonds is 3. The third-order valence-electron chi connectivity index (χ3n) is 2.43. The number of aliphatic carboxylic acids is 2. The first kappa shape index (κ1) is 19.7. The molecule has 10 heteroatoms. The molecule has 0 amide bonds. The van der Waals surface area contributed by atoms with Crippen molar-refractivity contribution in [3.05, 3.63) is 0 Å². The minimum atomic E-state index is -1.85. The van der Waals surface area contributed by atoms with E-state index in [1.54, 1.807) is 0 Å². The van der Waals surface area contributed by atoms with E-state index in [9.17, 15) is 14.7 Å². The Kier molecular flexibility index (Phi) is 7.16. The first-order valence-corrected chi connectivity index (χ1v) is 5.97. The fraction of sp³-hybridized carbons (Fsp3) is 0.818. The number of likely N-dealkylation sites (N-methyl/N-ethyl adjacent to an activating group) is 1. The van der Waals surface area contributed by atoms with Gasteiger partial charge in [0.25, 0.3) is 0 Å². The zero-order valence-corrected chi connectivity index (χ0v) is 11.9. The fourth-order valence-electron chi connectivity index (χ4n) is 1.46. The van der Waals surface area contributed by atoms with Gasteiger partial charge in [-0.15, -0.1) is 0 Å². The molecule has 10 nitrogen and oxygen atoms in total. The van der Waals surface area contributed by atoms with E-state index < -0.39 is 42.6 Å². The number of aliphatic hydroxyl groups excluding tert-OH is 4. The minimum Gasteiger partial charge on any atom is -0.547 e. The van der Waals surface area contributed by atoms with Crippen molar-refractivity contribution in [2.45, 2.75) is 30.7 Å². The van der Waals surface area contributed by atoms with Gasteiger partial charge in [0.1, 0.15) is 24.4 Å². The minimum absolute atomic E-state index is 0.181. The Hall–Kier alpha value is -1.30. The lowest BCUT2D eigenvalue weighted by atomic mass is 9.99. The third-order valence-corrected chi connectivity index (χ3v) is 2.43. The molecule has 5 N–H and O–H groups in total. The second-order valence-electron chi connectivity index (χ2n) is 5.58. The maximum atomic E-state index is 10.3. The van der Waals surface area contributed by atoms with Crippen LogP contribution in [0.3, 0.4) is 0 Å². The Morgan fingerprint density at radius 1 is 1.05 bits per heavy atom. The van der Waals surface area contributed by atoms with Gasteiger partial charge in [-0.25, -0.2) is 4.79 Å². The highest BCUT2D eigenvalue weighted by Crippen LogP contribution is 2.19. The monoisotopic (exact) mass is 311 g/mol. The van der Waals surface area contributed by atoms with Crippen LogP contribution in [0.25, 0.3) is 0 Å². The van der Waals surface area contributed by atoms with Crippen LogP contribution >= 0.6 is 0 Å². The Balaban J connectivity index is 0.000000433. The highest BCUT2D eigenvalue weighted by atomic mass is 16.6. The van der Waals surface area contributed by atoms with E-state index in [0.29, 0.717) is 4.48 Å². The normalized spacial score (nSPS) is 32.8. The van der Waals surface area contributed by atoms with Gasteiger partial charge in [0.2, 0.25) is 0 Å². The number of hydrogen-bond donors (Lipinski definition) is 5. The van der Waals surface area contributed by atoms with E-state index in [2.05, 4.69) is 4.74 Å². The van der Waals surface area contributed by atoms with Gasteiger partial charge in [-0.1, -0.05) is 0 Å². The zero-order valence-electron chi connectivity index (χ0n) is 11.9. The van der Waals surface area contributed by atoms with Crippen molar-refractivity contribution >= 4 is 11.9 Å². The molecule has 0 bridgehead atoms. The van der Waals surface area contributed by atoms with E-state index in [4.69, 9.17) is 25.5 Å². The van der Waals surface area contributed by atoms with Crippen LogP contribution in [0.4, 0.5) is 0 Å². The van der Waals surface area contributed by atoms with Gasteiger partial charge in [0, 0.05) is 0 Å². The van der Waals surface area contributed by atoms with Gasteiger partial charge in [-0.05, 0) is 0 Å². The first-order chi connectivity index (χ1) is 9.36. The van der Waals surface area contributed by atoms with E-state index >= 15 is 0 Å². The number of aliphatic hydroxyl groups is 4. The van der Waals surface area contributed by atoms with Crippen LogP contribution in [0.15, 0.2) is 0 Å². The number of hydrogen-bond acceptors (Lipinski definition) is 8. The summed E-state index contributed by atoms with van der Waals surface area (Å²) >= 11 is 0. The molecular formula is C11H21NO9. The largest absolute Gasteiger partial charge is 0.547 e. The van der Waals surface area contributed by atoms with Crippen LogP contribution in [0, 0.1) is 0 Å². The molecule has 0 spiro atoms. The number of carboxylic acids is 2. The number of carbonyl (C=O) groups excluding carboxylic acids is 1. The van der Waals surface area contributed by atoms with Gasteiger partial charge in [-0.3, -0.25) is 0 Å². The van der Waals surface area contributed by atoms with Crippen molar-refractivity contribution in [2.75, 3.05) is 27.7 Å².